The fraction of sp³-hybridized carbons (Fsp3) is 0.312. The van der Waals surface area contributed by atoms with Gasteiger partial charge in [0.25, 0.3) is 5.91 Å². The number of rotatable bonds is 6. The Labute approximate surface area is 139 Å². The van der Waals surface area contributed by atoms with Crippen molar-refractivity contribution in [3.63, 3.8) is 0 Å². The van der Waals surface area contributed by atoms with Crippen LogP contribution in [-0.4, -0.2) is 27.3 Å². The zero-order chi connectivity index (χ0) is 17.0. The molecule has 2 rings (SSSR count). The molecule has 0 unspecified atom stereocenters. The highest BCUT2D eigenvalue weighted by molar-refractivity contribution is 6.29. The van der Waals surface area contributed by atoms with Gasteiger partial charge < -0.3 is 14.6 Å². The van der Waals surface area contributed by atoms with Gasteiger partial charge in [-0.1, -0.05) is 23.7 Å². The maximum absolute atomic E-state index is 12.1. The van der Waals surface area contributed by atoms with Gasteiger partial charge in [-0.2, -0.15) is 0 Å². The van der Waals surface area contributed by atoms with Gasteiger partial charge in [0.2, 0.25) is 0 Å². The summed E-state index contributed by atoms with van der Waals surface area (Å²) in [6, 6.07) is 6.73. The minimum atomic E-state index is -0.701. The van der Waals surface area contributed by atoms with Crippen molar-refractivity contribution >= 4 is 23.3 Å². The molecule has 1 heterocycles. The normalized spacial score (nSPS) is 11.8. The molecule has 0 bridgehead atoms. The molecule has 0 aliphatic heterocycles. The average molecular weight is 336 g/mol. The maximum Gasteiger partial charge on any atom is 0.261 e. The third kappa shape index (κ3) is 4.32. The van der Waals surface area contributed by atoms with Crippen molar-refractivity contribution in [3.8, 4) is 5.75 Å². The molecule has 2 aromatic rings. The van der Waals surface area contributed by atoms with Gasteiger partial charge in [-0.05, 0) is 26.0 Å². The van der Waals surface area contributed by atoms with Gasteiger partial charge in [0, 0.05) is 12.6 Å². The summed E-state index contributed by atoms with van der Waals surface area (Å²) in [6.07, 6.45) is 0.823. The number of carbonyl (C=O) groups excluding carboxylic acids is 2. The predicted octanol–water partition coefficient (Wildman–Crippen LogP) is 2.36. The second kappa shape index (κ2) is 7.28. The Hall–Kier alpha value is -2.34. The van der Waals surface area contributed by atoms with Gasteiger partial charge in [0.05, 0.1) is 12.7 Å². The first-order chi connectivity index (χ1) is 10.9. The fourth-order valence-corrected chi connectivity index (χ4v) is 2.09. The maximum atomic E-state index is 12.1. The molecule has 0 spiro atoms. The Morgan fingerprint density at radius 2 is 2.17 bits per heavy atom. The van der Waals surface area contributed by atoms with Crippen LogP contribution in [0.25, 0.3) is 0 Å². The highest BCUT2D eigenvalue weighted by atomic mass is 35.5. The molecule has 0 radical (unpaired) electrons. The largest absolute Gasteiger partial charge is 0.481 e. The van der Waals surface area contributed by atoms with Gasteiger partial charge in [-0.25, -0.2) is 4.98 Å². The third-order valence-electron chi connectivity index (χ3n) is 3.37. The Bertz CT molecular complexity index is 727. The summed E-state index contributed by atoms with van der Waals surface area (Å²) in [5, 5.41) is 3.24. The van der Waals surface area contributed by atoms with Crippen LogP contribution in [0.5, 0.6) is 5.75 Å². The molecule has 1 aromatic heterocycles. The molecule has 0 aliphatic carbocycles. The molecular weight excluding hydrogens is 318 g/mol. The van der Waals surface area contributed by atoms with Crippen LogP contribution in [0.15, 0.2) is 30.5 Å². The summed E-state index contributed by atoms with van der Waals surface area (Å²) in [5.74, 6) is 0.783. The van der Waals surface area contributed by atoms with E-state index in [1.54, 1.807) is 42.8 Å². The Kier molecular flexibility index (Phi) is 5.39. The van der Waals surface area contributed by atoms with Crippen LogP contribution in [0.3, 0.4) is 0 Å². The number of ketones is 1. The van der Waals surface area contributed by atoms with E-state index >= 15 is 0 Å². The number of carbonyl (C=O) groups is 2. The van der Waals surface area contributed by atoms with Crippen LogP contribution < -0.4 is 10.1 Å². The Morgan fingerprint density at radius 3 is 2.78 bits per heavy atom. The van der Waals surface area contributed by atoms with Crippen LogP contribution in [0.2, 0.25) is 5.15 Å². The number of hydrogen-bond donors (Lipinski definition) is 1. The number of nitrogens with zero attached hydrogens (tertiary/aromatic N) is 2. The number of nitrogens with one attached hydrogen (secondary N) is 1. The van der Waals surface area contributed by atoms with Crippen LogP contribution in [0, 0.1) is 0 Å². The highest BCUT2D eigenvalue weighted by Gasteiger charge is 2.16. The summed E-state index contributed by atoms with van der Waals surface area (Å²) in [7, 11) is 1.77. The van der Waals surface area contributed by atoms with Crippen LogP contribution in [0.4, 0.5) is 0 Å². The SMILES string of the molecule is CC(=O)c1cccc(O[C@@H](C)C(=O)NCc2ncc(Cl)n2C)c1. The molecule has 7 heteroatoms. The number of benzene rings is 1. The molecular formula is C16H18ClN3O3. The summed E-state index contributed by atoms with van der Waals surface area (Å²) in [4.78, 5) is 27.5. The second-order valence-corrected chi connectivity index (χ2v) is 5.51. The summed E-state index contributed by atoms with van der Waals surface area (Å²) in [6.45, 7) is 3.37. The van der Waals surface area contributed by atoms with E-state index in [4.69, 9.17) is 16.3 Å². The quantitative estimate of drug-likeness (QED) is 0.822. The van der Waals surface area contributed by atoms with E-state index in [0.717, 1.165) is 0 Å². The van der Waals surface area contributed by atoms with Gasteiger partial charge in [0.1, 0.15) is 16.7 Å². The third-order valence-corrected chi connectivity index (χ3v) is 3.72. The number of hydrogen-bond acceptors (Lipinski definition) is 4. The Morgan fingerprint density at radius 1 is 1.43 bits per heavy atom. The highest BCUT2D eigenvalue weighted by Crippen LogP contribution is 2.15. The van der Waals surface area contributed by atoms with E-state index in [0.29, 0.717) is 22.3 Å². The molecule has 1 atom stereocenters. The first kappa shape index (κ1) is 17.0. The van der Waals surface area contributed by atoms with E-state index in [1.165, 1.54) is 13.1 Å². The number of imidazole rings is 1. The topological polar surface area (TPSA) is 73.2 Å². The second-order valence-electron chi connectivity index (χ2n) is 5.12. The molecule has 1 aromatic carbocycles. The van der Waals surface area contributed by atoms with Crippen molar-refractivity contribution in [1.82, 2.24) is 14.9 Å². The Balaban J connectivity index is 1.93. The lowest BCUT2D eigenvalue weighted by Crippen LogP contribution is -2.36. The van der Waals surface area contributed by atoms with Crippen molar-refractivity contribution in [3.05, 3.63) is 47.0 Å². The lowest BCUT2D eigenvalue weighted by Gasteiger charge is -2.15. The zero-order valence-corrected chi connectivity index (χ0v) is 13.9. The van der Waals surface area contributed by atoms with E-state index < -0.39 is 6.10 Å². The molecule has 1 amide bonds. The lowest BCUT2D eigenvalue weighted by molar-refractivity contribution is -0.127. The molecule has 23 heavy (non-hydrogen) atoms. The summed E-state index contributed by atoms with van der Waals surface area (Å²) >= 11 is 5.89. The first-order valence-corrected chi connectivity index (χ1v) is 7.47. The molecule has 0 fully saturated rings. The van der Waals surface area contributed by atoms with Crippen molar-refractivity contribution < 1.29 is 14.3 Å². The molecule has 1 N–H and O–H groups in total. The van der Waals surface area contributed by atoms with Crippen LogP contribution in [-0.2, 0) is 18.4 Å². The van der Waals surface area contributed by atoms with Crippen molar-refractivity contribution in [2.75, 3.05) is 0 Å². The van der Waals surface area contributed by atoms with E-state index in [2.05, 4.69) is 10.3 Å². The van der Waals surface area contributed by atoms with Crippen molar-refractivity contribution in [2.24, 2.45) is 7.05 Å². The van der Waals surface area contributed by atoms with Crippen LogP contribution >= 0.6 is 11.6 Å². The van der Waals surface area contributed by atoms with Crippen LogP contribution in [0.1, 0.15) is 30.0 Å². The van der Waals surface area contributed by atoms with Gasteiger partial charge in [-0.3, -0.25) is 9.59 Å². The van der Waals surface area contributed by atoms with E-state index in [-0.39, 0.29) is 18.2 Å². The summed E-state index contributed by atoms with van der Waals surface area (Å²) in [5.41, 5.74) is 0.540. The molecule has 6 nitrogen and oxygen atoms in total. The monoisotopic (exact) mass is 335 g/mol. The summed E-state index contributed by atoms with van der Waals surface area (Å²) < 4.78 is 7.26. The fourth-order valence-electron chi connectivity index (χ4n) is 1.94. The standard InChI is InChI=1S/C16H18ClN3O3/c1-10(21)12-5-4-6-13(7-12)23-11(2)16(22)19-9-15-18-8-14(17)20(15)3/h4-8,11H,9H2,1-3H3,(H,19,22)/t11-/m0/s1. The van der Waals surface area contributed by atoms with Gasteiger partial charge in [-0.15, -0.1) is 0 Å². The zero-order valence-electron chi connectivity index (χ0n) is 13.2. The lowest BCUT2D eigenvalue weighted by atomic mass is 10.1. The van der Waals surface area contributed by atoms with Crippen molar-refractivity contribution in [1.29, 1.82) is 0 Å². The van der Waals surface area contributed by atoms with E-state index in [1.807, 2.05) is 0 Å². The number of Topliss-reactive ketones (excluding diaryl/α,β-unsaturated/α-hetero) is 1. The number of ether oxygens (including phenoxy) is 1. The molecule has 0 saturated heterocycles. The minimum Gasteiger partial charge on any atom is -0.481 e. The first-order valence-electron chi connectivity index (χ1n) is 7.10. The minimum absolute atomic E-state index is 0.0563. The van der Waals surface area contributed by atoms with Gasteiger partial charge >= 0.3 is 0 Å². The van der Waals surface area contributed by atoms with E-state index in [9.17, 15) is 9.59 Å². The van der Waals surface area contributed by atoms with Crippen molar-refractivity contribution in [2.45, 2.75) is 26.5 Å². The predicted molar refractivity (Wildman–Crippen MR) is 86.6 cm³/mol. The molecule has 0 aliphatic rings. The number of aromatic nitrogens is 2. The number of halogens is 1. The number of amides is 1. The smallest absolute Gasteiger partial charge is 0.261 e. The molecule has 122 valence electrons. The van der Waals surface area contributed by atoms with Gasteiger partial charge in [0.15, 0.2) is 11.9 Å². The average Bonchev–Trinajstić information content (AvgIpc) is 2.84. The molecule has 0 saturated carbocycles.